The molecule has 154 valence electrons. The van der Waals surface area contributed by atoms with Crippen LogP contribution in [0.2, 0.25) is 5.02 Å². The minimum absolute atomic E-state index is 0.158. The Kier molecular flexibility index (Phi) is 5.89. The van der Waals surface area contributed by atoms with Gasteiger partial charge in [-0.25, -0.2) is 18.4 Å². The lowest BCUT2D eigenvalue weighted by molar-refractivity contribution is 0.0950. The van der Waals surface area contributed by atoms with Crippen molar-refractivity contribution >= 4 is 27.6 Å². The Morgan fingerprint density at radius 3 is 2.46 bits per heavy atom. The van der Waals surface area contributed by atoms with Gasteiger partial charge in [0.25, 0.3) is 0 Å². The predicted octanol–water partition coefficient (Wildman–Crippen LogP) is 1.89. The molecule has 28 heavy (non-hydrogen) atoms. The van der Waals surface area contributed by atoms with Crippen molar-refractivity contribution in [2.45, 2.75) is 50.2 Å². The van der Waals surface area contributed by atoms with Gasteiger partial charge in [0.05, 0.1) is 5.02 Å². The molecule has 1 fully saturated rings. The van der Waals surface area contributed by atoms with Gasteiger partial charge in [0.2, 0.25) is 16.0 Å². The molecule has 0 bridgehead atoms. The number of halogens is 1. The molecule has 1 N–H and O–H groups in total. The highest BCUT2D eigenvalue weighted by atomic mass is 35.5. The summed E-state index contributed by atoms with van der Waals surface area (Å²) in [5.74, 6) is 0.948. The minimum Gasteiger partial charge on any atom is -0.377 e. The zero-order chi connectivity index (χ0) is 20.5. The van der Waals surface area contributed by atoms with Crippen LogP contribution in [-0.2, 0) is 31.6 Å². The van der Waals surface area contributed by atoms with Crippen molar-refractivity contribution in [1.29, 1.82) is 0 Å². The standard InChI is InChI=1S/C16H23ClN6O4S/c1-10(13(27-4)14-18-7-11(17)8-19-14)28(24,25)22-15-21-20-12(9-26-3)23(15)16(2)5-6-16/h7-8,10,13H,5-6,9H2,1-4H3,(H,21,22). The topological polar surface area (TPSA) is 121 Å². The molecule has 1 aliphatic carbocycles. The van der Waals surface area contributed by atoms with Crippen molar-refractivity contribution in [3.05, 3.63) is 29.1 Å². The zero-order valence-electron chi connectivity index (χ0n) is 16.1. The maximum absolute atomic E-state index is 13.0. The highest BCUT2D eigenvalue weighted by Gasteiger charge is 2.44. The van der Waals surface area contributed by atoms with Gasteiger partial charge >= 0.3 is 0 Å². The molecule has 3 rings (SSSR count). The third-order valence-electron chi connectivity index (χ3n) is 4.82. The maximum Gasteiger partial charge on any atom is 0.240 e. The first-order chi connectivity index (χ1) is 13.2. The molecule has 10 nitrogen and oxygen atoms in total. The zero-order valence-corrected chi connectivity index (χ0v) is 17.7. The van der Waals surface area contributed by atoms with Crippen molar-refractivity contribution < 1.29 is 17.9 Å². The van der Waals surface area contributed by atoms with E-state index in [0.717, 1.165) is 12.8 Å². The number of ether oxygens (including phenoxy) is 2. The first-order valence-electron chi connectivity index (χ1n) is 8.67. The molecule has 2 aromatic heterocycles. The third kappa shape index (κ3) is 4.12. The molecule has 0 aliphatic heterocycles. The van der Waals surface area contributed by atoms with Gasteiger partial charge in [-0.15, -0.1) is 10.2 Å². The summed E-state index contributed by atoms with van der Waals surface area (Å²) in [5, 5.41) is 7.46. The van der Waals surface area contributed by atoms with Crippen LogP contribution in [0.3, 0.4) is 0 Å². The lowest BCUT2D eigenvalue weighted by atomic mass is 10.2. The largest absolute Gasteiger partial charge is 0.377 e. The summed E-state index contributed by atoms with van der Waals surface area (Å²) < 4.78 is 40.9. The molecule has 12 heteroatoms. The van der Waals surface area contributed by atoms with Crippen LogP contribution in [0, 0.1) is 0 Å². The number of nitrogens with zero attached hydrogens (tertiary/aromatic N) is 5. The number of anilines is 1. The van der Waals surface area contributed by atoms with Crippen LogP contribution in [0.25, 0.3) is 0 Å². The van der Waals surface area contributed by atoms with Crippen LogP contribution < -0.4 is 4.72 Å². The average Bonchev–Trinajstić information content (AvgIpc) is 3.26. The van der Waals surface area contributed by atoms with Gasteiger partial charge in [0.1, 0.15) is 18.0 Å². The SMILES string of the molecule is COCc1nnc(NS(=O)(=O)C(C)C(OC)c2ncc(Cl)cn2)n1C1(C)CC1. The van der Waals surface area contributed by atoms with Gasteiger partial charge in [-0.3, -0.25) is 9.29 Å². The Morgan fingerprint density at radius 2 is 1.93 bits per heavy atom. The summed E-state index contributed by atoms with van der Waals surface area (Å²) in [7, 11) is -0.939. The van der Waals surface area contributed by atoms with E-state index >= 15 is 0 Å². The molecule has 2 atom stereocenters. The van der Waals surface area contributed by atoms with Gasteiger partial charge in [0.15, 0.2) is 11.6 Å². The van der Waals surface area contributed by atoms with Crippen molar-refractivity contribution in [1.82, 2.24) is 24.7 Å². The number of nitrogens with one attached hydrogen (secondary N) is 1. The Hall–Kier alpha value is -1.82. The number of rotatable bonds is 9. The third-order valence-corrected chi connectivity index (χ3v) is 6.70. The minimum atomic E-state index is -3.89. The van der Waals surface area contributed by atoms with E-state index in [1.807, 2.05) is 6.92 Å². The molecule has 2 unspecified atom stereocenters. The molecule has 0 spiro atoms. The second-order valence-electron chi connectivity index (χ2n) is 6.97. The van der Waals surface area contributed by atoms with E-state index in [2.05, 4.69) is 24.9 Å². The second-order valence-corrected chi connectivity index (χ2v) is 9.45. The number of sulfonamides is 1. The van der Waals surface area contributed by atoms with Crippen LogP contribution >= 0.6 is 11.6 Å². The quantitative estimate of drug-likeness (QED) is 0.640. The fourth-order valence-corrected chi connectivity index (χ4v) is 4.16. The highest BCUT2D eigenvalue weighted by molar-refractivity contribution is 7.93. The van der Waals surface area contributed by atoms with Crippen LogP contribution in [0.1, 0.15) is 44.4 Å². The molecule has 0 saturated heterocycles. The van der Waals surface area contributed by atoms with Gasteiger partial charge in [-0.05, 0) is 26.7 Å². The molecule has 0 amide bonds. The molecule has 0 radical (unpaired) electrons. The van der Waals surface area contributed by atoms with Crippen molar-refractivity contribution in [2.75, 3.05) is 18.9 Å². The maximum atomic E-state index is 13.0. The van der Waals surface area contributed by atoms with Crippen molar-refractivity contribution in [3.8, 4) is 0 Å². The van der Waals surface area contributed by atoms with E-state index in [0.29, 0.717) is 10.8 Å². The van der Waals surface area contributed by atoms with Crippen molar-refractivity contribution in [2.24, 2.45) is 0 Å². The lowest BCUT2D eigenvalue weighted by Crippen LogP contribution is -2.34. The summed E-state index contributed by atoms with van der Waals surface area (Å²) in [4.78, 5) is 8.15. The van der Waals surface area contributed by atoms with Gasteiger partial charge in [-0.2, -0.15) is 0 Å². The summed E-state index contributed by atoms with van der Waals surface area (Å²) in [6.07, 6.45) is 3.71. The first kappa shape index (κ1) is 20.9. The summed E-state index contributed by atoms with van der Waals surface area (Å²) >= 11 is 5.81. The van der Waals surface area contributed by atoms with E-state index in [-0.39, 0.29) is 23.9 Å². The van der Waals surface area contributed by atoms with E-state index in [1.54, 1.807) is 11.7 Å². The fourth-order valence-electron chi connectivity index (χ4n) is 2.94. The smallest absolute Gasteiger partial charge is 0.240 e. The average molecular weight is 431 g/mol. The summed E-state index contributed by atoms with van der Waals surface area (Å²) in [5.41, 5.74) is -0.224. The first-order valence-corrected chi connectivity index (χ1v) is 10.6. The highest BCUT2D eigenvalue weighted by Crippen LogP contribution is 2.45. The molecule has 0 aromatic carbocycles. The van der Waals surface area contributed by atoms with E-state index in [4.69, 9.17) is 21.1 Å². The monoisotopic (exact) mass is 430 g/mol. The molecular weight excluding hydrogens is 408 g/mol. The lowest BCUT2D eigenvalue weighted by Gasteiger charge is -2.23. The molecule has 1 aliphatic rings. The Balaban J connectivity index is 1.88. The second kappa shape index (κ2) is 7.90. The Morgan fingerprint density at radius 1 is 1.29 bits per heavy atom. The van der Waals surface area contributed by atoms with Crippen LogP contribution in [-0.4, -0.2) is 52.6 Å². The number of aromatic nitrogens is 5. The van der Waals surface area contributed by atoms with Crippen LogP contribution in [0.5, 0.6) is 0 Å². The molecule has 2 heterocycles. The van der Waals surface area contributed by atoms with E-state index < -0.39 is 21.4 Å². The number of methoxy groups -OCH3 is 2. The predicted molar refractivity (Wildman–Crippen MR) is 102 cm³/mol. The fraction of sp³-hybridized carbons (Fsp3) is 0.625. The van der Waals surface area contributed by atoms with Gasteiger partial charge in [0, 0.05) is 32.2 Å². The number of hydrogen-bond donors (Lipinski definition) is 1. The van der Waals surface area contributed by atoms with Crippen LogP contribution in [0.4, 0.5) is 5.95 Å². The van der Waals surface area contributed by atoms with E-state index in [9.17, 15) is 8.42 Å². The summed E-state index contributed by atoms with van der Waals surface area (Å²) in [6.45, 7) is 3.78. The van der Waals surface area contributed by atoms with Crippen molar-refractivity contribution in [3.63, 3.8) is 0 Å². The van der Waals surface area contributed by atoms with Crippen LogP contribution in [0.15, 0.2) is 12.4 Å². The van der Waals surface area contributed by atoms with E-state index in [1.165, 1.54) is 26.4 Å². The summed E-state index contributed by atoms with van der Waals surface area (Å²) in [6, 6.07) is 0. The van der Waals surface area contributed by atoms with Gasteiger partial charge < -0.3 is 9.47 Å². The number of hydrogen-bond acceptors (Lipinski definition) is 8. The molecule has 2 aromatic rings. The molecular formula is C16H23ClN6O4S. The normalized spacial score (nSPS) is 17.9. The molecule has 1 saturated carbocycles. The van der Waals surface area contributed by atoms with Gasteiger partial charge in [-0.1, -0.05) is 11.6 Å². The Labute approximate surface area is 168 Å². The Bertz CT molecular complexity index is 929.